The van der Waals surface area contributed by atoms with Crippen molar-refractivity contribution in [2.24, 2.45) is 0 Å². The van der Waals surface area contributed by atoms with Crippen LogP contribution in [0, 0.1) is 6.92 Å². The van der Waals surface area contributed by atoms with Crippen molar-refractivity contribution in [1.82, 2.24) is 15.5 Å². The summed E-state index contributed by atoms with van der Waals surface area (Å²) in [5.41, 5.74) is 2.08. The fourth-order valence-electron chi connectivity index (χ4n) is 2.07. The molecule has 0 saturated carbocycles. The number of likely N-dealkylation sites (N-methyl/N-ethyl adjacent to an activating group) is 1. The molecule has 0 bridgehead atoms. The highest BCUT2D eigenvalue weighted by molar-refractivity contribution is 5.83. The second-order valence-corrected chi connectivity index (χ2v) is 5.00. The third kappa shape index (κ3) is 4.66. The van der Waals surface area contributed by atoms with E-state index in [2.05, 4.69) is 10.6 Å². The number of nitrogens with one attached hydrogen (secondary N) is 2. The van der Waals surface area contributed by atoms with Crippen molar-refractivity contribution in [3.8, 4) is 0 Å². The number of rotatable bonds is 6. The summed E-state index contributed by atoms with van der Waals surface area (Å²) >= 11 is 0. The largest absolute Gasteiger partial charge is 0.355 e. The first-order valence-corrected chi connectivity index (χ1v) is 6.67. The number of aryl methyl sites for hydroxylation is 1. The summed E-state index contributed by atoms with van der Waals surface area (Å²) in [6, 6.07) is 7.53. The van der Waals surface area contributed by atoms with Gasteiger partial charge in [-0.25, -0.2) is 0 Å². The van der Waals surface area contributed by atoms with Crippen molar-refractivity contribution in [1.29, 1.82) is 0 Å². The van der Waals surface area contributed by atoms with Crippen molar-refractivity contribution in [2.75, 3.05) is 27.2 Å². The van der Waals surface area contributed by atoms with Crippen molar-refractivity contribution in [3.63, 3.8) is 0 Å². The van der Waals surface area contributed by atoms with Crippen LogP contribution in [0.1, 0.15) is 24.1 Å². The number of amides is 2. The van der Waals surface area contributed by atoms with Crippen molar-refractivity contribution < 1.29 is 9.59 Å². The molecule has 0 aliphatic rings. The Morgan fingerprint density at radius 1 is 1.15 bits per heavy atom. The lowest BCUT2D eigenvalue weighted by Crippen LogP contribution is -2.40. The highest BCUT2D eigenvalue weighted by Crippen LogP contribution is 2.21. The first-order valence-electron chi connectivity index (χ1n) is 6.67. The molecule has 5 heteroatoms. The highest BCUT2D eigenvalue weighted by atomic mass is 16.2. The minimum atomic E-state index is -0.325. The van der Waals surface area contributed by atoms with E-state index < -0.39 is 0 Å². The van der Waals surface area contributed by atoms with E-state index in [4.69, 9.17) is 0 Å². The van der Waals surface area contributed by atoms with Crippen molar-refractivity contribution in [2.45, 2.75) is 19.9 Å². The Hall–Kier alpha value is -1.88. The molecule has 5 nitrogen and oxygen atoms in total. The number of benzene rings is 1. The molecule has 0 heterocycles. The van der Waals surface area contributed by atoms with Gasteiger partial charge in [0, 0.05) is 20.0 Å². The molecule has 0 fully saturated rings. The number of nitrogens with zero attached hydrogens (tertiary/aromatic N) is 1. The second-order valence-electron chi connectivity index (χ2n) is 5.00. The molecule has 1 atom stereocenters. The maximum absolute atomic E-state index is 12.3. The Labute approximate surface area is 120 Å². The third-order valence-corrected chi connectivity index (χ3v) is 3.05. The summed E-state index contributed by atoms with van der Waals surface area (Å²) in [6.45, 7) is 4.32. The van der Waals surface area contributed by atoms with Crippen molar-refractivity contribution >= 4 is 11.8 Å². The fourth-order valence-corrected chi connectivity index (χ4v) is 2.07. The van der Waals surface area contributed by atoms with Crippen LogP contribution in [0.5, 0.6) is 0 Å². The highest BCUT2D eigenvalue weighted by Gasteiger charge is 2.23. The lowest BCUT2D eigenvalue weighted by molar-refractivity contribution is -0.126. The van der Waals surface area contributed by atoms with Crippen molar-refractivity contribution in [3.05, 3.63) is 35.4 Å². The van der Waals surface area contributed by atoms with E-state index in [1.54, 1.807) is 0 Å². The zero-order valence-corrected chi connectivity index (χ0v) is 12.6. The predicted octanol–water partition coefficient (Wildman–Crippen LogP) is 0.850. The van der Waals surface area contributed by atoms with Gasteiger partial charge in [0.05, 0.1) is 0 Å². The first kappa shape index (κ1) is 16.2. The monoisotopic (exact) mass is 277 g/mol. The molecular weight excluding hydrogens is 254 g/mol. The van der Waals surface area contributed by atoms with Gasteiger partial charge in [0.15, 0.2) is 0 Å². The fraction of sp³-hybridized carbons (Fsp3) is 0.467. The molecule has 1 aromatic rings. The Balaban J connectivity index is 2.70. The maximum atomic E-state index is 12.3. The van der Waals surface area contributed by atoms with E-state index in [0.29, 0.717) is 13.1 Å². The Morgan fingerprint density at radius 2 is 1.75 bits per heavy atom. The van der Waals surface area contributed by atoms with Crippen LogP contribution in [0.4, 0.5) is 0 Å². The van der Waals surface area contributed by atoms with Gasteiger partial charge in [0.1, 0.15) is 6.04 Å². The average Bonchev–Trinajstić information content (AvgIpc) is 2.36. The molecule has 0 aromatic heterocycles. The molecule has 2 N–H and O–H groups in total. The Bertz CT molecular complexity index is 472. The predicted molar refractivity (Wildman–Crippen MR) is 79.3 cm³/mol. The van der Waals surface area contributed by atoms with Gasteiger partial charge in [-0.05, 0) is 32.1 Å². The van der Waals surface area contributed by atoms with Gasteiger partial charge < -0.3 is 10.6 Å². The molecule has 20 heavy (non-hydrogen) atoms. The van der Waals surface area contributed by atoms with Gasteiger partial charge in [-0.1, -0.05) is 24.3 Å². The summed E-state index contributed by atoms with van der Waals surface area (Å²) in [4.78, 5) is 25.0. The van der Waals surface area contributed by atoms with Crippen LogP contribution in [0.25, 0.3) is 0 Å². The van der Waals surface area contributed by atoms with Crippen LogP contribution in [0.2, 0.25) is 0 Å². The second kappa shape index (κ2) is 7.65. The van der Waals surface area contributed by atoms with Gasteiger partial charge in [-0.2, -0.15) is 0 Å². The minimum absolute atomic E-state index is 0.0605. The summed E-state index contributed by atoms with van der Waals surface area (Å²) in [7, 11) is 3.76. The van der Waals surface area contributed by atoms with E-state index in [9.17, 15) is 9.59 Å². The SMILES string of the molecule is CC(=O)NCCNC(=O)[C@@H](c1ccccc1C)N(C)C. The summed E-state index contributed by atoms with van der Waals surface area (Å²) < 4.78 is 0. The quantitative estimate of drug-likeness (QED) is 0.758. The number of hydrogen-bond acceptors (Lipinski definition) is 3. The zero-order valence-electron chi connectivity index (χ0n) is 12.6. The van der Waals surface area contributed by atoms with E-state index in [1.165, 1.54) is 6.92 Å². The van der Waals surface area contributed by atoms with Gasteiger partial charge in [0.25, 0.3) is 0 Å². The van der Waals surface area contributed by atoms with Crippen LogP contribution in [0.15, 0.2) is 24.3 Å². The topological polar surface area (TPSA) is 61.4 Å². The molecule has 0 radical (unpaired) electrons. The lowest BCUT2D eigenvalue weighted by Gasteiger charge is -2.25. The molecular formula is C15H23N3O2. The Morgan fingerprint density at radius 3 is 2.30 bits per heavy atom. The number of carbonyl (C=O) groups excluding carboxylic acids is 2. The van der Waals surface area contributed by atoms with Crippen LogP contribution in [0.3, 0.4) is 0 Å². The molecule has 0 aliphatic heterocycles. The first-order chi connectivity index (χ1) is 9.43. The molecule has 110 valence electrons. The smallest absolute Gasteiger partial charge is 0.242 e. The van der Waals surface area contributed by atoms with Crippen LogP contribution in [-0.2, 0) is 9.59 Å². The summed E-state index contributed by atoms with van der Waals surface area (Å²) in [5, 5.41) is 5.50. The zero-order chi connectivity index (χ0) is 15.1. The molecule has 0 unspecified atom stereocenters. The molecule has 2 amide bonds. The average molecular weight is 277 g/mol. The normalized spacial score (nSPS) is 12.1. The van der Waals surface area contributed by atoms with E-state index >= 15 is 0 Å². The number of carbonyl (C=O) groups is 2. The summed E-state index contributed by atoms with van der Waals surface area (Å²) in [5.74, 6) is -0.156. The van der Waals surface area contributed by atoms with Gasteiger partial charge >= 0.3 is 0 Å². The standard InChI is InChI=1S/C15H23N3O2/c1-11-7-5-6-8-13(11)14(18(3)4)15(20)17-10-9-16-12(2)19/h5-8,14H,9-10H2,1-4H3,(H,16,19)(H,17,20)/t14-/m1/s1. The minimum Gasteiger partial charge on any atom is -0.355 e. The molecule has 0 spiro atoms. The number of hydrogen-bond donors (Lipinski definition) is 2. The van der Waals surface area contributed by atoms with Crippen LogP contribution >= 0.6 is 0 Å². The Kier molecular flexibility index (Phi) is 6.18. The van der Waals surface area contributed by atoms with Gasteiger partial charge in [-0.15, -0.1) is 0 Å². The molecule has 0 aliphatic carbocycles. The van der Waals surface area contributed by atoms with Gasteiger partial charge in [0.2, 0.25) is 11.8 Å². The molecule has 1 rings (SSSR count). The summed E-state index contributed by atoms with van der Waals surface area (Å²) in [6.07, 6.45) is 0. The van der Waals surface area contributed by atoms with E-state index in [1.807, 2.05) is 50.2 Å². The maximum Gasteiger partial charge on any atom is 0.242 e. The third-order valence-electron chi connectivity index (χ3n) is 3.05. The van der Waals surface area contributed by atoms with Gasteiger partial charge in [-0.3, -0.25) is 14.5 Å². The van der Waals surface area contributed by atoms with Crippen LogP contribution in [-0.4, -0.2) is 43.9 Å². The van der Waals surface area contributed by atoms with E-state index in [0.717, 1.165) is 11.1 Å². The van der Waals surface area contributed by atoms with Crippen LogP contribution < -0.4 is 10.6 Å². The molecule has 0 saturated heterocycles. The van der Waals surface area contributed by atoms with E-state index in [-0.39, 0.29) is 17.9 Å². The molecule has 1 aromatic carbocycles. The lowest BCUT2D eigenvalue weighted by atomic mass is 10.00.